The topological polar surface area (TPSA) is 54.9 Å². The molecule has 0 spiro atoms. The lowest BCUT2D eigenvalue weighted by Gasteiger charge is -2.09. The van der Waals surface area contributed by atoms with Crippen LogP contribution in [-0.2, 0) is 12.6 Å². The van der Waals surface area contributed by atoms with Gasteiger partial charge in [-0.2, -0.15) is 13.2 Å². The molecular weight excluding hydrogens is 411 g/mol. The van der Waals surface area contributed by atoms with Crippen LogP contribution in [0.1, 0.15) is 26.6 Å². The molecule has 0 saturated heterocycles. The summed E-state index contributed by atoms with van der Waals surface area (Å²) in [5, 5.41) is 3.40. The van der Waals surface area contributed by atoms with Crippen molar-refractivity contribution in [2.45, 2.75) is 19.5 Å². The number of rotatable bonds is 5. The first-order valence-electron chi connectivity index (χ1n) is 8.28. The van der Waals surface area contributed by atoms with E-state index in [1.54, 1.807) is 6.92 Å². The number of pyridine rings is 1. The summed E-state index contributed by atoms with van der Waals surface area (Å²) in [6.07, 6.45) is -3.54. The summed E-state index contributed by atoms with van der Waals surface area (Å²) in [7, 11) is 0. The Labute approximate surface area is 168 Å². The van der Waals surface area contributed by atoms with E-state index in [-0.39, 0.29) is 23.9 Å². The van der Waals surface area contributed by atoms with Crippen molar-refractivity contribution in [2.75, 3.05) is 6.54 Å². The molecule has 0 aliphatic rings. The fourth-order valence-corrected chi connectivity index (χ4v) is 3.74. The molecule has 0 bridgehead atoms. The number of carbonyl (C=O) groups excluding carboxylic acids is 1. The predicted molar refractivity (Wildman–Crippen MR) is 103 cm³/mol. The molecule has 0 fully saturated rings. The second-order valence-electron chi connectivity index (χ2n) is 5.96. The predicted octanol–water partition coefficient (Wildman–Crippen LogP) is 5.16. The third kappa shape index (κ3) is 4.69. The lowest BCUT2D eigenvalue weighted by atomic mass is 10.2. The quantitative estimate of drug-likeness (QED) is 0.614. The zero-order valence-corrected chi connectivity index (χ0v) is 16.3. The first-order chi connectivity index (χ1) is 13.3. The van der Waals surface area contributed by atoms with Crippen molar-refractivity contribution in [1.29, 1.82) is 0 Å². The minimum Gasteiger partial charge on any atom is -0.351 e. The molecule has 146 valence electrons. The third-order valence-corrected chi connectivity index (χ3v) is 5.45. The molecule has 1 aromatic carbocycles. The van der Waals surface area contributed by atoms with Gasteiger partial charge >= 0.3 is 6.18 Å². The van der Waals surface area contributed by atoms with Crippen molar-refractivity contribution < 1.29 is 18.0 Å². The lowest BCUT2D eigenvalue weighted by Crippen LogP contribution is -2.25. The van der Waals surface area contributed by atoms with Crippen LogP contribution in [0.15, 0.2) is 42.6 Å². The Bertz CT molecular complexity index is 990. The number of hydrogen-bond donors (Lipinski definition) is 1. The van der Waals surface area contributed by atoms with Crippen molar-refractivity contribution in [3.05, 3.63) is 69.4 Å². The highest BCUT2D eigenvalue weighted by molar-refractivity contribution is 7.17. The molecule has 0 aliphatic carbocycles. The van der Waals surface area contributed by atoms with Crippen LogP contribution in [0, 0.1) is 6.92 Å². The number of aromatic nitrogens is 2. The molecule has 0 aliphatic heterocycles. The molecule has 0 atom stereocenters. The number of benzene rings is 1. The van der Waals surface area contributed by atoms with Crippen LogP contribution in [0.4, 0.5) is 13.2 Å². The standard InChI is InChI=1S/C19H15ClF3N3OS/c1-11-16(28-18(26-11)12-5-3-2-4-6-12)17(27)24-8-7-15-14(20)9-13(10-25-15)19(21,22)23/h2-6,9-10H,7-8H2,1H3,(H,24,27). The van der Waals surface area contributed by atoms with Gasteiger partial charge in [-0.05, 0) is 13.0 Å². The summed E-state index contributed by atoms with van der Waals surface area (Å²) < 4.78 is 37.9. The summed E-state index contributed by atoms with van der Waals surface area (Å²) >= 11 is 7.17. The van der Waals surface area contributed by atoms with E-state index < -0.39 is 11.7 Å². The normalized spacial score (nSPS) is 11.5. The van der Waals surface area contributed by atoms with Gasteiger partial charge < -0.3 is 5.32 Å². The molecule has 3 aromatic rings. The van der Waals surface area contributed by atoms with Crippen LogP contribution in [-0.4, -0.2) is 22.4 Å². The van der Waals surface area contributed by atoms with Gasteiger partial charge in [0.2, 0.25) is 0 Å². The van der Waals surface area contributed by atoms with E-state index in [2.05, 4.69) is 15.3 Å². The van der Waals surface area contributed by atoms with Crippen molar-refractivity contribution in [1.82, 2.24) is 15.3 Å². The Kier molecular flexibility index (Phi) is 6.00. The number of aryl methyl sites for hydroxylation is 1. The molecule has 28 heavy (non-hydrogen) atoms. The summed E-state index contributed by atoms with van der Waals surface area (Å²) in [4.78, 5) is 21.1. The number of amides is 1. The van der Waals surface area contributed by atoms with Crippen LogP contribution < -0.4 is 5.32 Å². The molecule has 3 rings (SSSR count). The summed E-state index contributed by atoms with van der Waals surface area (Å²) in [5.41, 5.74) is 0.933. The number of nitrogens with zero attached hydrogens (tertiary/aromatic N) is 2. The molecule has 0 saturated carbocycles. The number of thiazole rings is 1. The number of carbonyl (C=O) groups is 1. The van der Waals surface area contributed by atoms with Gasteiger partial charge in [0.1, 0.15) is 9.88 Å². The molecule has 9 heteroatoms. The zero-order chi connectivity index (χ0) is 20.3. The molecule has 2 aromatic heterocycles. The van der Waals surface area contributed by atoms with E-state index in [1.807, 2.05) is 30.3 Å². The molecular formula is C19H15ClF3N3OS. The van der Waals surface area contributed by atoms with Crippen LogP contribution >= 0.6 is 22.9 Å². The Balaban J connectivity index is 1.63. The Morgan fingerprint density at radius 2 is 1.96 bits per heavy atom. The minimum atomic E-state index is -4.50. The Morgan fingerprint density at radius 3 is 2.61 bits per heavy atom. The van der Waals surface area contributed by atoms with Crippen LogP contribution in [0.3, 0.4) is 0 Å². The highest BCUT2D eigenvalue weighted by Gasteiger charge is 2.31. The lowest BCUT2D eigenvalue weighted by molar-refractivity contribution is -0.137. The van der Waals surface area contributed by atoms with Crippen LogP contribution in [0.5, 0.6) is 0 Å². The van der Waals surface area contributed by atoms with Gasteiger partial charge in [-0.25, -0.2) is 4.98 Å². The molecule has 1 N–H and O–H groups in total. The fraction of sp³-hybridized carbons (Fsp3) is 0.211. The van der Waals surface area contributed by atoms with Gasteiger partial charge in [-0.1, -0.05) is 41.9 Å². The first kappa shape index (κ1) is 20.3. The van der Waals surface area contributed by atoms with Crippen molar-refractivity contribution in [3.63, 3.8) is 0 Å². The second-order valence-corrected chi connectivity index (χ2v) is 7.36. The largest absolute Gasteiger partial charge is 0.417 e. The third-order valence-electron chi connectivity index (χ3n) is 3.92. The fourth-order valence-electron chi connectivity index (χ4n) is 2.49. The summed E-state index contributed by atoms with van der Waals surface area (Å²) in [6, 6.07) is 10.4. The molecule has 1 amide bonds. The van der Waals surface area contributed by atoms with Crippen molar-refractivity contribution >= 4 is 28.8 Å². The van der Waals surface area contributed by atoms with Gasteiger partial charge in [-0.3, -0.25) is 9.78 Å². The van der Waals surface area contributed by atoms with Gasteiger partial charge in [-0.15, -0.1) is 11.3 Å². The molecule has 0 radical (unpaired) electrons. The van der Waals surface area contributed by atoms with Crippen molar-refractivity contribution in [3.8, 4) is 10.6 Å². The Morgan fingerprint density at radius 1 is 1.25 bits per heavy atom. The highest BCUT2D eigenvalue weighted by Crippen LogP contribution is 2.31. The maximum atomic E-state index is 12.6. The summed E-state index contributed by atoms with van der Waals surface area (Å²) in [5.74, 6) is -0.291. The molecule has 0 unspecified atom stereocenters. The second kappa shape index (κ2) is 8.28. The maximum Gasteiger partial charge on any atom is 0.417 e. The van der Waals surface area contributed by atoms with E-state index in [0.29, 0.717) is 16.3 Å². The SMILES string of the molecule is Cc1nc(-c2ccccc2)sc1C(=O)NCCc1ncc(C(F)(F)F)cc1Cl. The van der Waals surface area contributed by atoms with Gasteiger partial charge in [0.15, 0.2) is 0 Å². The first-order valence-corrected chi connectivity index (χ1v) is 9.48. The van der Waals surface area contributed by atoms with Crippen molar-refractivity contribution in [2.24, 2.45) is 0 Å². The van der Waals surface area contributed by atoms with E-state index in [0.717, 1.165) is 22.8 Å². The summed E-state index contributed by atoms with van der Waals surface area (Å²) in [6.45, 7) is 1.95. The molecule has 4 nitrogen and oxygen atoms in total. The van der Waals surface area contributed by atoms with Gasteiger partial charge in [0, 0.05) is 24.7 Å². The average molecular weight is 426 g/mol. The Hall–Kier alpha value is -2.45. The number of hydrogen-bond acceptors (Lipinski definition) is 4. The highest BCUT2D eigenvalue weighted by atomic mass is 35.5. The molecule has 2 heterocycles. The zero-order valence-electron chi connectivity index (χ0n) is 14.7. The van der Waals surface area contributed by atoms with Gasteiger partial charge in [0.25, 0.3) is 5.91 Å². The average Bonchev–Trinajstić information content (AvgIpc) is 3.04. The number of halogens is 4. The van der Waals surface area contributed by atoms with E-state index >= 15 is 0 Å². The maximum absolute atomic E-state index is 12.6. The van der Waals surface area contributed by atoms with Crippen LogP contribution in [0.25, 0.3) is 10.6 Å². The van der Waals surface area contributed by atoms with E-state index in [9.17, 15) is 18.0 Å². The van der Waals surface area contributed by atoms with Crippen LogP contribution in [0.2, 0.25) is 5.02 Å². The number of nitrogens with one attached hydrogen (secondary N) is 1. The minimum absolute atomic E-state index is 0.0793. The van der Waals surface area contributed by atoms with Gasteiger partial charge in [0.05, 0.1) is 22.0 Å². The number of alkyl halides is 3. The smallest absolute Gasteiger partial charge is 0.351 e. The van der Waals surface area contributed by atoms with E-state index in [4.69, 9.17) is 11.6 Å². The van der Waals surface area contributed by atoms with E-state index in [1.165, 1.54) is 11.3 Å². The monoisotopic (exact) mass is 425 g/mol.